The number of fused-ring (bicyclic) bond motifs is 2. The lowest BCUT2D eigenvalue weighted by molar-refractivity contribution is -0.155. The highest BCUT2D eigenvalue weighted by Crippen LogP contribution is 2.47. The molecule has 9 heteroatoms. The topological polar surface area (TPSA) is 94.2 Å². The number of esters is 1. The second kappa shape index (κ2) is 6.95. The third-order valence-corrected chi connectivity index (χ3v) is 6.39. The predicted molar refractivity (Wildman–Crippen MR) is 97.8 cm³/mol. The van der Waals surface area contributed by atoms with Crippen molar-refractivity contribution in [3.8, 4) is 11.5 Å². The van der Waals surface area contributed by atoms with Gasteiger partial charge < -0.3 is 24.4 Å². The van der Waals surface area contributed by atoms with E-state index < -0.39 is 24.5 Å². The van der Waals surface area contributed by atoms with Crippen LogP contribution >= 0.6 is 11.8 Å². The monoisotopic (exact) mass is 392 g/mol. The summed E-state index contributed by atoms with van der Waals surface area (Å²) in [6, 6.07) is 4.44. The predicted octanol–water partition coefficient (Wildman–Crippen LogP) is 1.39. The lowest BCUT2D eigenvalue weighted by atomic mass is 10.2. The maximum Gasteiger partial charge on any atom is 0.330 e. The maximum absolute atomic E-state index is 12.4. The average Bonchev–Trinajstić information content (AvgIpc) is 3.16. The van der Waals surface area contributed by atoms with Crippen LogP contribution in [0.1, 0.15) is 19.8 Å². The Morgan fingerprint density at radius 3 is 2.93 bits per heavy atom. The summed E-state index contributed by atoms with van der Waals surface area (Å²) in [4.78, 5) is 37.8. The highest BCUT2D eigenvalue weighted by molar-refractivity contribution is 8.01. The summed E-state index contributed by atoms with van der Waals surface area (Å²) in [6.45, 7) is 2.50. The number of hydrogen-bond donors (Lipinski definition) is 1. The number of carbonyl (C=O) groups excluding carboxylic acids is 3. The molecule has 0 aliphatic carbocycles. The number of rotatable bonds is 4. The van der Waals surface area contributed by atoms with Crippen molar-refractivity contribution in [1.29, 1.82) is 0 Å². The quantitative estimate of drug-likeness (QED) is 0.774. The van der Waals surface area contributed by atoms with E-state index in [9.17, 15) is 14.4 Å². The largest absolute Gasteiger partial charge is 0.486 e. The fourth-order valence-electron chi connectivity index (χ4n) is 3.55. The molecular formula is C18H20N2O6S. The molecule has 2 atom stereocenters. The zero-order chi connectivity index (χ0) is 19.0. The van der Waals surface area contributed by atoms with Crippen LogP contribution in [0.25, 0.3) is 0 Å². The number of amides is 2. The van der Waals surface area contributed by atoms with Gasteiger partial charge in [-0.1, -0.05) is 0 Å². The molecule has 3 aliphatic rings. The minimum atomic E-state index is -0.628. The Bertz CT molecular complexity index is 800. The number of ether oxygens (including phenoxy) is 3. The van der Waals surface area contributed by atoms with E-state index >= 15 is 0 Å². The molecular weight excluding hydrogens is 372 g/mol. The lowest BCUT2D eigenvalue weighted by Crippen LogP contribution is -2.47. The van der Waals surface area contributed by atoms with Crippen LogP contribution in [0.4, 0.5) is 5.69 Å². The first-order valence-electron chi connectivity index (χ1n) is 8.78. The molecule has 2 amide bonds. The molecule has 0 unspecified atom stereocenters. The number of anilines is 1. The molecule has 0 saturated carbocycles. The smallest absolute Gasteiger partial charge is 0.330 e. The third kappa shape index (κ3) is 3.43. The number of hydrogen-bond acceptors (Lipinski definition) is 7. The van der Waals surface area contributed by atoms with Gasteiger partial charge in [-0.25, -0.2) is 4.79 Å². The second-order valence-electron chi connectivity index (χ2n) is 6.78. The molecule has 3 aliphatic heterocycles. The summed E-state index contributed by atoms with van der Waals surface area (Å²) < 4.78 is 16.1. The molecule has 1 aromatic rings. The van der Waals surface area contributed by atoms with Crippen LogP contribution < -0.4 is 14.8 Å². The molecule has 144 valence electrons. The zero-order valence-electron chi connectivity index (χ0n) is 14.9. The van der Waals surface area contributed by atoms with Gasteiger partial charge >= 0.3 is 5.97 Å². The van der Waals surface area contributed by atoms with E-state index in [0.29, 0.717) is 42.6 Å². The Hall–Kier alpha value is -2.42. The number of nitrogens with one attached hydrogen (secondary N) is 1. The SMILES string of the molecule is C[C@]12CCC(=O)N1[C@H](C(=O)OCC(=O)Nc1ccc3c(c1)OCCO3)CS2. The Morgan fingerprint density at radius 2 is 2.11 bits per heavy atom. The molecule has 27 heavy (non-hydrogen) atoms. The highest BCUT2D eigenvalue weighted by Gasteiger charge is 2.53. The molecule has 1 aromatic carbocycles. The van der Waals surface area contributed by atoms with Crippen LogP contribution in [0.3, 0.4) is 0 Å². The van der Waals surface area contributed by atoms with Gasteiger partial charge in [0, 0.05) is 23.9 Å². The molecule has 0 radical (unpaired) electrons. The van der Waals surface area contributed by atoms with Gasteiger partial charge in [-0.05, 0) is 25.5 Å². The van der Waals surface area contributed by atoms with E-state index in [4.69, 9.17) is 14.2 Å². The number of thioether (sulfide) groups is 1. The van der Waals surface area contributed by atoms with Gasteiger partial charge in [-0.2, -0.15) is 0 Å². The number of benzene rings is 1. The molecule has 0 bridgehead atoms. The van der Waals surface area contributed by atoms with E-state index in [-0.39, 0.29) is 10.8 Å². The number of nitrogens with zero attached hydrogens (tertiary/aromatic N) is 1. The van der Waals surface area contributed by atoms with Gasteiger partial charge in [-0.15, -0.1) is 11.8 Å². The summed E-state index contributed by atoms with van der Waals surface area (Å²) in [7, 11) is 0. The first-order valence-corrected chi connectivity index (χ1v) is 9.77. The van der Waals surface area contributed by atoms with Crippen molar-refractivity contribution in [2.24, 2.45) is 0 Å². The fraction of sp³-hybridized carbons (Fsp3) is 0.500. The molecule has 2 saturated heterocycles. The van der Waals surface area contributed by atoms with Crippen molar-refractivity contribution in [3.63, 3.8) is 0 Å². The highest BCUT2D eigenvalue weighted by atomic mass is 32.2. The standard InChI is InChI=1S/C18H20N2O6S/c1-18-5-4-16(22)20(18)12(10-27-18)17(23)26-9-15(21)19-11-2-3-13-14(8-11)25-7-6-24-13/h2-3,8,12H,4-7,9-10H2,1H3,(H,19,21)/t12-,18-/m0/s1. The minimum absolute atomic E-state index is 0.0369. The summed E-state index contributed by atoms with van der Waals surface area (Å²) in [6.07, 6.45) is 1.17. The second-order valence-corrected chi connectivity index (χ2v) is 8.28. The summed E-state index contributed by atoms with van der Waals surface area (Å²) >= 11 is 1.58. The van der Waals surface area contributed by atoms with Crippen LogP contribution in [-0.2, 0) is 19.1 Å². The Kier molecular flexibility index (Phi) is 4.63. The lowest BCUT2D eigenvalue weighted by Gasteiger charge is -2.29. The van der Waals surface area contributed by atoms with Crippen LogP contribution in [0, 0.1) is 0 Å². The van der Waals surface area contributed by atoms with Gasteiger partial charge in [0.15, 0.2) is 18.1 Å². The van der Waals surface area contributed by atoms with E-state index in [1.807, 2.05) is 6.92 Å². The van der Waals surface area contributed by atoms with Gasteiger partial charge in [0.2, 0.25) is 5.91 Å². The van der Waals surface area contributed by atoms with Crippen molar-refractivity contribution >= 4 is 35.2 Å². The number of carbonyl (C=O) groups is 3. The molecule has 8 nitrogen and oxygen atoms in total. The first-order chi connectivity index (χ1) is 13.0. The van der Waals surface area contributed by atoms with Gasteiger partial charge in [0.05, 0.1) is 4.87 Å². The molecule has 3 heterocycles. The molecule has 2 fully saturated rings. The van der Waals surface area contributed by atoms with Crippen molar-refractivity contribution in [1.82, 2.24) is 4.90 Å². The molecule has 4 rings (SSSR count). The van der Waals surface area contributed by atoms with Crippen molar-refractivity contribution in [3.05, 3.63) is 18.2 Å². The van der Waals surface area contributed by atoms with Gasteiger partial charge in [0.25, 0.3) is 5.91 Å². The van der Waals surface area contributed by atoms with Crippen molar-refractivity contribution in [2.75, 3.05) is 30.9 Å². The Labute approximate surface area is 160 Å². The van der Waals surface area contributed by atoms with Crippen LogP contribution in [0.15, 0.2) is 18.2 Å². The fourth-order valence-corrected chi connectivity index (χ4v) is 4.96. The van der Waals surface area contributed by atoms with E-state index in [2.05, 4.69) is 5.32 Å². The molecule has 0 spiro atoms. The summed E-state index contributed by atoms with van der Waals surface area (Å²) in [5, 5.41) is 2.66. The molecule has 1 N–H and O–H groups in total. The maximum atomic E-state index is 12.4. The summed E-state index contributed by atoms with van der Waals surface area (Å²) in [5.74, 6) is 0.643. The zero-order valence-corrected chi connectivity index (χ0v) is 15.7. The van der Waals surface area contributed by atoms with Crippen LogP contribution in [-0.4, -0.2) is 59.2 Å². The Balaban J connectivity index is 1.32. The first kappa shape index (κ1) is 18.0. The van der Waals surface area contributed by atoms with Gasteiger partial charge in [-0.3, -0.25) is 9.59 Å². The third-order valence-electron chi connectivity index (χ3n) is 4.89. The van der Waals surface area contributed by atoms with Crippen LogP contribution in [0.2, 0.25) is 0 Å². The average molecular weight is 392 g/mol. The normalized spacial score (nSPS) is 25.9. The van der Waals surface area contributed by atoms with Gasteiger partial charge in [0.1, 0.15) is 19.3 Å². The van der Waals surface area contributed by atoms with Crippen LogP contribution in [0.5, 0.6) is 11.5 Å². The Morgan fingerprint density at radius 1 is 1.33 bits per heavy atom. The van der Waals surface area contributed by atoms with E-state index in [0.717, 1.165) is 6.42 Å². The van der Waals surface area contributed by atoms with E-state index in [1.54, 1.807) is 34.9 Å². The van der Waals surface area contributed by atoms with Crippen molar-refractivity contribution < 1.29 is 28.6 Å². The van der Waals surface area contributed by atoms with E-state index in [1.165, 1.54) is 0 Å². The van der Waals surface area contributed by atoms with Crippen molar-refractivity contribution in [2.45, 2.75) is 30.7 Å². The minimum Gasteiger partial charge on any atom is -0.486 e. The summed E-state index contributed by atoms with van der Waals surface area (Å²) in [5.41, 5.74) is 0.527. The molecule has 0 aromatic heterocycles.